The van der Waals surface area contributed by atoms with Crippen LogP contribution in [0, 0.1) is 0 Å². The van der Waals surface area contributed by atoms with Crippen molar-refractivity contribution in [2.75, 3.05) is 29.9 Å². The molecule has 1 aliphatic rings. The number of carbonyl (C=O) groups excluding carboxylic acids is 1. The van der Waals surface area contributed by atoms with E-state index in [1.807, 2.05) is 42.8 Å². The molecule has 0 radical (unpaired) electrons. The fourth-order valence-electron chi connectivity index (χ4n) is 2.89. The Morgan fingerprint density at radius 2 is 2.33 bits per heavy atom. The Kier molecular flexibility index (Phi) is 5.53. The highest BCUT2D eigenvalue weighted by Crippen LogP contribution is 2.27. The van der Waals surface area contributed by atoms with Gasteiger partial charge in [0.2, 0.25) is 0 Å². The molecule has 1 aromatic carbocycles. The van der Waals surface area contributed by atoms with Crippen LogP contribution in [-0.2, 0) is 0 Å². The molecule has 2 heterocycles. The normalized spacial score (nSPS) is 16.9. The van der Waals surface area contributed by atoms with Crippen LogP contribution in [0.5, 0.6) is 5.75 Å². The molecule has 1 aromatic heterocycles. The van der Waals surface area contributed by atoms with Gasteiger partial charge in [0, 0.05) is 30.7 Å². The van der Waals surface area contributed by atoms with Crippen molar-refractivity contribution in [2.45, 2.75) is 25.8 Å². The second-order valence-corrected chi connectivity index (χ2v) is 6.44. The number of ether oxygens (including phenoxy) is 1. The molecule has 1 unspecified atom stereocenters. The summed E-state index contributed by atoms with van der Waals surface area (Å²) < 4.78 is 5.52. The van der Waals surface area contributed by atoms with E-state index < -0.39 is 0 Å². The van der Waals surface area contributed by atoms with E-state index in [0.717, 1.165) is 24.5 Å². The van der Waals surface area contributed by atoms with Gasteiger partial charge in [0.05, 0.1) is 12.3 Å². The summed E-state index contributed by atoms with van der Waals surface area (Å²) in [4.78, 5) is 18.9. The van der Waals surface area contributed by atoms with Crippen molar-refractivity contribution in [1.29, 1.82) is 0 Å². The molecule has 128 valence electrons. The number of benzene rings is 1. The lowest BCUT2D eigenvalue weighted by atomic mass is 10.2. The lowest BCUT2D eigenvalue weighted by molar-refractivity contribution is 0.251. The Morgan fingerprint density at radius 1 is 1.46 bits per heavy atom. The van der Waals surface area contributed by atoms with Gasteiger partial charge in [-0.05, 0) is 31.9 Å². The molecule has 1 saturated heterocycles. The zero-order chi connectivity index (χ0) is 16.8. The molecular formula is C17H22N4O2S. The van der Waals surface area contributed by atoms with E-state index in [9.17, 15) is 4.79 Å². The summed E-state index contributed by atoms with van der Waals surface area (Å²) in [5, 5.41) is 8.84. The van der Waals surface area contributed by atoms with Crippen LogP contribution >= 0.6 is 11.3 Å². The van der Waals surface area contributed by atoms with Crippen LogP contribution in [0.15, 0.2) is 35.8 Å². The summed E-state index contributed by atoms with van der Waals surface area (Å²) in [7, 11) is 0. The van der Waals surface area contributed by atoms with Crippen LogP contribution in [-0.4, -0.2) is 36.8 Å². The third-order valence-electron chi connectivity index (χ3n) is 3.98. The first-order valence-corrected chi connectivity index (χ1v) is 9.08. The molecule has 3 rings (SSSR count). The minimum absolute atomic E-state index is 0.215. The van der Waals surface area contributed by atoms with Gasteiger partial charge < -0.3 is 20.3 Å². The number of thiazole rings is 1. The first-order valence-electron chi connectivity index (χ1n) is 8.20. The number of amides is 2. The average molecular weight is 346 g/mol. The van der Waals surface area contributed by atoms with Gasteiger partial charge in [-0.15, -0.1) is 11.3 Å². The molecule has 2 N–H and O–H groups in total. The lowest BCUT2D eigenvalue weighted by Crippen LogP contribution is -2.41. The lowest BCUT2D eigenvalue weighted by Gasteiger charge is -2.24. The van der Waals surface area contributed by atoms with Crippen molar-refractivity contribution >= 4 is 28.2 Å². The van der Waals surface area contributed by atoms with Crippen molar-refractivity contribution < 1.29 is 9.53 Å². The van der Waals surface area contributed by atoms with E-state index in [4.69, 9.17) is 4.74 Å². The fraction of sp³-hybridized carbons (Fsp3) is 0.412. The van der Waals surface area contributed by atoms with Gasteiger partial charge in [-0.25, -0.2) is 9.78 Å². The molecule has 0 bridgehead atoms. The van der Waals surface area contributed by atoms with Crippen LogP contribution in [0.4, 0.5) is 15.6 Å². The largest absolute Gasteiger partial charge is 0.492 e. The molecule has 6 nitrogen and oxygen atoms in total. The average Bonchev–Trinajstić information content (AvgIpc) is 3.26. The van der Waals surface area contributed by atoms with E-state index in [1.165, 1.54) is 0 Å². The monoisotopic (exact) mass is 346 g/mol. The zero-order valence-electron chi connectivity index (χ0n) is 13.7. The minimum Gasteiger partial charge on any atom is -0.492 e. The molecule has 2 aromatic rings. The molecule has 0 spiro atoms. The molecule has 7 heteroatoms. The molecule has 1 aliphatic heterocycles. The number of nitrogens with one attached hydrogen (secondary N) is 2. The van der Waals surface area contributed by atoms with E-state index >= 15 is 0 Å². The Morgan fingerprint density at radius 3 is 3.12 bits per heavy atom. The molecule has 24 heavy (non-hydrogen) atoms. The molecule has 1 atom stereocenters. The third-order valence-corrected chi connectivity index (χ3v) is 4.78. The maximum Gasteiger partial charge on any atom is 0.319 e. The number of para-hydroxylation sites is 2. The second-order valence-electron chi connectivity index (χ2n) is 5.57. The number of hydrogen-bond acceptors (Lipinski definition) is 5. The van der Waals surface area contributed by atoms with E-state index in [-0.39, 0.29) is 6.03 Å². The highest BCUT2D eigenvalue weighted by molar-refractivity contribution is 7.13. The summed E-state index contributed by atoms with van der Waals surface area (Å²) in [5.41, 5.74) is 0.681. The van der Waals surface area contributed by atoms with Crippen molar-refractivity contribution in [3.8, 4) is 5.75 Å². The van der Waals surface area contributed by atoms with Crippen molar-refractivity contribution in [2.24, 2.45) is 0 Å². The molecule has 0 aliphatic carbocycles. The molecule has 2 amide bonds. The number of aromatic nitrogens is 1. The van der Waals surface area contributed by atoms with Gasteiger partial charge in [-0.1, -0.05) is 12.1 Å². The van der Waals surface area contributed by atoms with Crippen LogP contribution in [0.2, 0.25) is 0 Å². The van der Waals surface area contributed by atoms with Gasteiger partial charge in [0.25, 0.3) is 0 Å². The van der Waals surface area contributed by atoms with Gasteiger partial charge in [-0.2, -0.15) is 0 Å². The SMILES string of the molecule is CCOc1ccccc1NC(=O)NCC1CCCN1c1nccs1. The summed E-state index contributed by atoms with van der Waals surface area (Å²) in [5.74, 6) is 0.681. The number of anilines is 2. The van der Waals surface area contributed by atoms with E-state index in [1.54, 1.807) is 11.3 Å². The molecular weight excluding hydrogens is 324 g/mol. The number of rotatable bonds is 6. The van der Waals surface area contributed by atoms with Crippen molar-refractivity contribution in [1.82, 2.24) is 10.3 Å². The summed E-state index contributed by atoms with van der Waals surface area (Å²) in [6.07, 6.45) is 4.01. The van der Waals surface area contributed by atoms with Crippen molar-refractivity contribution in [3.05, 3.63) is 35.8 Å². The Labute approximate surface area is 145 Å². The van der Waals surface area contributed by atoms with E-state index in [0.29, 0.717) is 30.6 Å². The minimum atomic E-state index is -0.215. The van der Waals surface area contributed by atoms with Crippen molar-refractivity contribution in [3.63, 3.8) is 0 Å². The summed E-state index contributed by atoms with van der Waals surface area (Å²) in [6, 6.07) is 7.53. The number of nitrogens with zero attached hydrogens (tertiary/aromatic N) is 2. The summed E-state index contributed by atoms with van der Waals surface area (Å²) >= 11 is 1.64. The standard InChI is InChI=1S/C17H22N4O2S/c1-2-23-15-8-4-3-7-14(15)20-16(22)19-12-13-6-5-10-21(13)17-18-9-11-24-17/h3-4,7-9,11,13H,2,5-6,10,12H2,1H3,(H2,19,20,22). The topological polar surface area (TPSA) is 66.5 Å². The van der Waals surface area contributed by atoms with Gasteiger partial charge in [0.1, 0.15) is 5.75 Å². The number of carbonyl (C=O) groups is 1. The molecule has 0 saturated carbocycles. The predicted octanol–water partition coefficient (Wildman–Crippen LogP) is 3.33. The van der Waals surface area contributed by atoms with Crippen LogP contribution in [0.1, 0.15) is 19.8 Å². The number of hydrogen-bond donors (Lipinski definition) is 2. The third kappa shape index (κ3) is 3.97. The van der Waals surface area contributed by atoms with Crippen LogP contribution in [0.3, 0.4) is 0 Å². The zero-order valence-corrected chi connectivity index (χ0v) is 14.5. The first-order chi connectivity index (χ1) is 11.8. The highest BCUT2D eigenvalue weighted by Gasteiger charge is 2.26. The smallest absolute Gasteiger partial charge is 0.319 e. The Bertz CT molecular complexity index is 662. The Hall–Kier alpha value is -2.28. The van der Waals surface area contributed by atoms with Crippen LogP contribution in [0.25, 0.3) is 0 Å². The maximum absolute atomic E-state index is 12.2. The van der Waals surface area contributed by atoms with Crippen LogP contribution < -0.4 is 20.3 Å². The van der Waals surface area contributed by atoms with Gasteiger partial charge in [0.15, 0.2) is 5.13 Å². The maximum atomic E-state index is 12.2. The van der Waals surface area contributed by atoms with E-state index in [2.05, 4.69) is 20.5 Å². The van der Waals surface area contributed by atoms with Gasteiger partial charge >= 0.3 is 6.03 Å². The Balaban J connectivity index is 1.54. The molecule has 1 fully saturated rings. The van der Waals surface area contributed by atoms with Gasteiger partial charge in [-0.3, -0.25) is 0 Å². The highest BCUT2D eigenvalue weighted by atomic mass is 32.1. The first kappa shape index (κ1) is 16.6. The quantitative estimate of drug-likeness (QED) is 0.842. The second kappa shape index (κ2) is 8.01. The fourth-order valence-corrected chi connectivity index (χ4v) is 3.63. The summed E-state index contributed by atoms with van der Waals surface area (Å²) in [6.45, 7) is 4.08. The predicted molar refractivity (Wildman–Crippen MR) is 97.1 cm³/mol. The number of urea groups is 1.